The second-order valence-electron chi connectivity index (χ2n) is 6.10. The molecule has 2 aliphatic rings. The molecule has 5 nitrogen and oxygen atoms in total. The summed E-state index contributed by atoms with van der Waals surface area (Å²) in [6.07, 6.45) is 2.96. The van der Waals surface area contributed by atoms with E-state index < -0.39 is 11.9 Å². The van der Waals surface area contributed by atoms with Crippen molar-refractivity contribution in [1.82, 2.24) is 4.90 Å². The fourth-order valence-electron chi connectivity index (χ4n) is 3.28. The zero-order chi connectivity index (χ0) is 14.2. The highest BCUT2D eigenvalue weighted by atomic mass is 16.4. The molecule has 5 heteroatoms. The van der Waals surface area contributed by atoms with Crippen LogP contribution in [0.25, 0.3) is 0 Å². The van der Waals surface area contributed by atoms with Crippen LogP contribution in [-0.2, 0) is 14.4 Å². The van der Waals surface area contributed by atoms with Gasteiger partial charge in [0.05, 0.1) is 17.8 Å². The van der Waals surface area contributed by atoms with Crippen molar-refractivity contribution in [3.8, 4) is 0 Å². The quantitative estimate of drug-likeness (QED) is 0.766. The number of likely N-dealkylation sites (tertiary alicyclic amines) is 1. The van der Waals surface area contributed by atoms with E-state index in [9.17, 15) is 19.5 Å². The lowest BCUT2D eigenvalue weighted by atomic mass is 9.96. The summed E-state index contributed by atoms with van der Waals surface area (Å²) in [4.78, 5) is 36.7. The molecule has 19 heavy (non-hydrogen) atoms. The van der Waals surface area contributed by atoms with Crippen molar-refractivity contribution in [3.05, 3.63) is 0 Å². The van der Waals surface area contributed by atoms with E-state index in [1.165, 1.54) is 4.90 Å². The molecule has 3 atom stereocenters. The van der Waals surface area contributed by atoms with E-state index in [2.05, 4.69) is 0 Å². The van der Waals surface area contributed by atoms with Crippen LogP contribution in [0, 0.1) is 23.7 Å². The number of aliphatic carboxylic acids is 1. The maximum Gasteiger partial charge on any atom is 0.308 e. The Labute approximate surface area is 113 Å². The number of hydrogen-bond acceptors (Lipinski definition) is 3. The first kappa shape index (κ1) is 14.0. The minimum absolute atomic E-state index is 0.0399. The molecule has 2 rings (SSSR count). The Kier molecular flexibility index (Phi) is 3.92. The highest BCUT2D eigenvalue weighted by molar-refractivity contribution is 6.05. The Morgan fingerprint density at radius 2 is 1.79 bits per heavy atom. The Bertz CT molecular complexity index is 382. The summed E-state index contributed by atoms with van der Waals surface area (Å²) in [7, 11) is 0. The van der Waals surface area contributed by atoms with E-state index in [0.29, 0.717) is 6.42 Å². The van der Waals surface area contributed by atoms with E-state index in [-0.39, 0.29) is 36.1 Å². The second-order valence-corrected chi connectivity index (χ2v) is 6.10. The normalized spacial score (nSPS) is 28.1. The zero-order valence-corrected chi connectivity index (χ0v) is 11.5. The van der Waals surface area contributed by atoms with E-state index >= 15 is 0 Å². The Morgan fingerprint density at radius 1 is 1.26 bits per heavy atom. The molecule has 1 saturated carbocycles. The van der Waals surface area contributed by atoms with E-state index in [0.717, 1.165) is 19.3 Å². The maximum atomic E-state index is 12.2. The lowest BCUT2D eigenvalue weighted by Crippen LogP contribution is -2.39. The van der Waals surface area contributed by atoms with Gasteiger partial charge >= 0.3 is 5.97 Å². The molecule has 3 unspecified atom stereocenters. The molecule has 1 heterocycles. The average molecular weight is 267 g/mol. The summed E-state index contributed by atoms with van der Waals surface area (Å²) in [6.45, 7) is 3.93. The van der Waals surface area contributed by atoms with Gasteiger partial charge < -0.3 is 5.11 Å². The number of nitrogens with zero attached hydrogens (tertiary/aromatic N) is 1. The summed E-state index contributed by atoms with van der Waals surface area (Å²) in [5.41, 5.74) is 0. The van der Waals surface area contributed by atoms with Gasteiger partial charge in [0.15, 0.2) is 0 Å². The second kappa shape index (κ2) is 5.31. The first-order chi connectivity index (χ1) is 8.91. The molecule has 0 aromatic heterocycles. The molecule has 1 aliphatic heterocycles. The molecular formula is C14H21NO4. The number of carboxylic acid groups (broad SMARTS) is 1. The topological polar surface area (TPSA) is 74.7 Å². The average Bonchev–Trinajstić information content (AvgIpc) is 2.87. The van der Waals surface area contributed by atoms with Gasteiger partial charge in [0, 0.05) is 6.54 Å². The third-order valence-corrected chi connectivity index (χ3v) is 4.19. The van der Waals surface area contributed by atoms with Gasteiger partial charge in [-0.25, -0.2) is 0 Å². The van der Waals surface area contributed by atoms with Crippen LogP contribution in [0.4, 0.5) is 0 Å². The summed E-state index contributed by atoms with van der Waals surface area (Å²) in [6, 6.07) is 0. The van der Waals surface area contributed by atoms with E-state index in [1.54, 1.807) is 0 Å². The van der Waals surface area contributed by atoms with Crippen molar-refractivity contribution < 1.29 is 19.5 Å². The number of carbonyl (C=O) groups is 3. The van der Waals surface area contributed by atoms with Gasteiger partial charge in [-0.2, -0.15) is 0 Å². The van der Waals surface area contributed by atoms with Crippen LogP contribution >= 0.6 is 0 Å². The molecule has 0 radical (unpaired) electrons. The molecule has 2 amide bonds. The van der Waals surface area contributed by atoms with Gasteiger partial charge in [-0.05, 0) is 25.2 Å². The lowest BCUT2D eigenvalue weighted by Gasteiger charge is -2.21. The maximum absolute atomic E-state index is 12.2. The van der Waals surface area contributed by atoms with Crippen LogP contribution in [0.3, 0.4) is 0 Å². The SMILES string of the molecule is CC(C)CC(CN1C(=O)C2CCCC2C1=O)C(=O)O. The Morgan fingerprint density at radius 3 is 2.21 bits per heavy atom. The van der Waals surface area contributed by atoms with Crippen molar-refractivity contribution in [2.45, 2.75) is 39.5 Å². The summed E-state index contributed by atoms with van der Waals surface area (Å²) in [5, 5.41) is 9.21. The molecule has 106 valence electrons. The molecule has 0 aromatic rings. The Hall–Kier alpha value is -1.39. The summed E-state index contributed by atoms with van der Waals surface area (Å²) in [5.74, 6) is -2.00. The number of imide groups is 1. The third kappa shape index (κ3) is 2.65. The van der Waals surface area contributed by atoms with Gasteiger partial charge in [0.1, 0.15) is 0 Å². The highest BCUT2D eigenvalue weighted by Gasteiger charge is 2.50. The van der Waals surface area contributed by atoms with Crippen molar-refractivity contribution in [2.75, 3.05) is 6.54 Å². The lowest BCUT2D eigenvalue weighted by molar-refractivity contribution is -0.146. The minimum atomic E-state index is -0.925. The predicted molar refractivity (Wildman–Crippen MR) is 68.1 cm³/mol. The first-order valence-corrected chi connectivity index (χ1v) is 6.99. The number of hydrogen-bond donors (Lipinski definition) is 1. The van der Waals surface area contributed by atoms with E-state index in [4.69, 9.17) is 0 Å². The molecule has 1 saturated heterocycles. The van der Waals surface area contributed by atoms with Crippen molar-refractivity contribution in [1.29, 1.82) is 0 Å². The zero-order valence-electron chi connectivity index (χ0n) is 11.5. The molecule has 1 aliphatic carbocycles. The largest absolute Gasteiger partial charge is 0.481 e. The molecule has 0 aromatic carbocycles. The number of amides is 2. The van der Waals surface area contributed by atoms with Crippen molar-refractivity contribution in [2.24, 2.45) is 23.7 Å². The van der Waals surface area contributed by atoms with E-state index in [1.807, 2.05) is 13.8 Å². The van der Waals surface area contributed by atoms with Gasteiger partial charge in [0.2, 0.25) is 11.8 Å². The molecule has 1 N–H and O–H groups in total. The molecule has 2 fully saturated rings. The van der Waals surface area contributed by atoms with Crippen LogP contribution in [0.1, 0.15) is 39.5 Å². The standard InChI is InChI=1S/C14H21NO4/c1-8(2)6-9(14(18)19)7-15-12(16)10-4-3-5-11(10)13(15)17/h8-11H,3-7H2,1-2H3,(H,18,19). The van der Waals surface area contributed by atoms with Gasteiger partial charge in [-0.1, -0.05) is 20.3 Å². The number of carbonyl (C=O) groups excluding carboxylic acids is 2. The first-order valence-electron chi connectivity index (χ1n) is 6.99. The number of rotatable bonds is 5. The molecule has 0 spiro atoms. The predicted octanol–water partition coefficient (Wildman–Crippen LogP) is 1.52. The van der Waals surface area contributed by atoms with Crippen molar-refractivity contribution in [3.63, 3.8) is 0 Å². The fourth-order valence-corrected chi connectivity index (χ4v) is 3.28. The van der Waals surface area contributed by atoms with Gasteiger partial charge in [-0.3, -0.25) is 19.3 Å². The van der Waals surface area contributed by atoms with Gasteiger partial charge in [0.25, 0.3) is 0 Å². The molecular weight excluding hydrogens is 246 g/mol. The monoisotopic (exact) mass is 267 g/mol. The van der Waals surface area contributed by atoms with Gasteiger partial charge in [-0.15, -0.1) is 0 Å². The molecule has 0 bridgehead atoms. The van der Waals surface area contributed by atoms with Crippen LogP contribution in [0.2, 0.25) is 0 Å². The smallest absolute Gasteiger partial charge is 0.308 e. The van der Waals surface area contributed by atoms with Crippen molar-refractivity contribution >= 4 is 17.8 Å². The minimum Gasteiger partial charge on any atom is -0.481 e. The number of carboxylic acids is 1. The number of fused-ring (bicyclic) bond motifs is 1. The summed E-state index contributed by atoms with van der Waals surface area (Å²) < 4.78 is 0. The summed E-state index contributed by atoms with van der Waals surface area (Å²) >= 11 is 0. The van der Waals surface area contributed by atoms with Crippen LogP contribution in [0.5, 0.6) is 0 Å². The Balaban J connectivity index is 2.07. The van der Waals surface area contributed by atoms with Crippen LogP contribution < -0.4 is 0 Å². The highest BCUT2D eigenvalue weighted by Crippen LogP contribution is 2.40. The third-order valence-electron chi connectivity index (χ3n) is 4.19. The van der Waals surface area contributed by atoms with Crippen LogP contribution in [-0.4, -0.2) is 34.3 Å². The van der Waals surface area contributed by atoms with Crippen LogP contribution in [0.15, 0.2) is 0 Å². The fraction of sp³-hybridized carbons (Fsp3) is 0.786.